The van der Waals surface area contributed by atoms with Crippen LogP contribution in [0, 0.1) is 6.92 Å². The molecule has 0 radical (unpaired) electrons. The Morgan fingerprint density at radius 1 is 1.41 bits per heavy atom. The van der Waals surface area contributed by atoms with Crippen molar-refractivity contribution in [3.63, 3.8) is 0 Å². The lowest BCUT2D eigenvalue weighted by Gasteiger charge is -2.18. The molecule has 3 N–H and O–H groups in total. The molecule has 1 heterocycles. The fourth-order valence-electron chi connectivity index (χ4n) is 1.71. The molecule has 0 saturated heterocycles. The molecule has 1 aromatic carbocycles. The van der Waals surface area contributed by atoms with Gasteiger partial charge in [0.15, 0.2) is 0 Å². The van der Waals surface area contributed by atoms with Gasteiger partial charge in [-0.25, -0.2) is 5.43 Å². The fraction of sp³-hybridized carbons (Fsp3) is 0.167. The lowest BCUT2D eigenvalue weighted by Crippen LogP contribution is -2.28. The fourth-order valence-corrected chi connectivity index (χ4v) is 3.45. The topological polar surface area (TPSA) is 38.0 Å². The van der Waals surface area contributed by atoms with Crippen LogP contribution in [0.25, 0.3) is 0 Å². The molecule has 1 atom stereocenters. The summed E-state index contributed by atoms with van der Waals surface area (Å²) in [6, 6.07) is 7.91. The van der Waals surface area contributed by atoms with E-state index in [1.807, 2.05) is 23.6 Å². The minimum atomic E-state index is -0.0863. The Bertz CT molecular complexity index is 527. The molecule has 0 saturated carbocycles. The van der Waals surface area contributed by atoms with E-state index >= 15 is 0 Å². The van der Waals surface area contributed by atoms with Gasteiger partial charge in [0.2, 0.25) is 0 Å². The molecule has 0 aliphatic rings. The molecule has 0 fully saturated rings. The molecule has 1 aromatic heterocycles. The minimum Gasteiger partial charge on any atom is -0.271 e. The van der Waals surface area contributed by atoms with Crippen molar-refractivity contribution in [3.8, 4) is 0 Å². The van der Waals surface area contributed by atoms with Gasteiger partial charge < -0.3 is 0 Å². The third-order valence-corrected chi connectivity index (χ3v) is 5.11. The Kier molecular flexibility index (Phi) is 4.22. The van der Waals surface area contributed by atoms with E-state index in [0.717, 1.165) is 19.9 Å². The van der Waals surface area contributed by atoms with E-state index in [2.05, 4.69) is 34.3 Å². The molecule has 17 heavy (non-hydrogen) atoms. The zero-order valence-electron chi connectivity index (χ0n) is 9.21. The summed E-state index contributed by atoms with van der Waals surface area (Å²) in [5, 5.41) is 2.71. The summed E-state index contributed by atoms with van der Waals surface area (Å²) in [6.45, 7) is 2.05. The van der Waals surface area contributed by atoms with E-state index in [1.54, 1.807) is 11.3 Å². The Morgan fingerprint density at radius 2 is 2.18 bits per heavy atom. The molecule has 0 amide bonds. The van der Waals surface area contributed by atoms with Gasteiger partial charge in [-0.05, 0) is 29.5 Å². The normalized spacial score (nSPS) is 12.7. The summed E-state index contributed by atoms with van der Waals surface area (Å²) in [5.74, 6) is 5.66. The standard InChI is InChI=1S/C12H12BrClN2S/c1-7-3-2-4-8(10(7)13)11(16-15)12-9(14)5-6-17-12/h2-6,11,16H,15H2,1H3. The van der Waals surface area contributed by atoms with Gasteiger partial charge in [0.05, 0.1) is 11.1 Å². The van der Waals surface area contributed by atoms with Gasteiger partial charge in [-0.15, -0.1) is 11.3 Å². The number of hydrazine groups is 1. The summed E-state index contributed by atoms with van der Waals surface area (Å²) in [5.41, 5.74) is 5.10. The second kappa shape index (κ2) is 5.50. The number of benzene rings is 1. The van der Waals surface area contributed by atoms with Gasteiger partial charge in [0.1, 0.15) is 0 Å². The lowest BCUT2D eigenvalue weighted by atomic mass is 10.0. The second-order valence-electron chi connectivity index (χ2n) is 3.71. The van der Waals surface area contributed by atoms with Crippen molar-refractivity contribution in [2.45, 2.75) is 13.0 Å². The molecular weight excluding hydrogens is 320 g/mol. The van der Waals surface area contributed by atoms with Crippen LogP contribution in [0.3, 0.4) is 0 Å². The third-order valence-electron chi connectivity index (χ3n) is 2.61. The average molecular weight is 332 g/mol. The summed E-state index contributed by atoms with van der Waals surface area (Å²) in [4.78, 5) is 1.03. The molecule has 0 bridgehead atoms. The van der Waals surface area contributed by atoms with Crippen LogP contribution in [-0.2, 0) is 0 Å². The van der Waals surface area contributed by atoms with Gasteiger partial charge in [-0.3, -0.25) is 5.84 Å². The minimum absolute atomic E-state index is 0.0863. The van der Waals surface area contributed by atoms with Crippen molar-refractivity contribution < 1.29 is 0 Å². The molecule has 0 aliphatic carbocycles. The highest BCUT2D eigenvalue weighted by Gasteiger charge is 2.19. The van der Waals surface area contributed by atoms with E-state index in [9.17, 15) is 0 Å². The van der Waals surface area contributed by atoms with E-state index in [4.69, 9.17) is 17.4 Å². The van der Waals surface area contributed by atoms with Crippen molar-refractivity contribution in [2.24, 2.45) is 5.84 Å². The zero-order chi connectivity index (χ0) is 12.4. The Labute approximate surface area is 118 Å². The number of hydrogen-bond donors (Lipinski definition) is 2. The van der Waals surface area contributed by atoms with E-state index in [-0.39, 0.29) is 6.04 Å². The molecule has 0 spiro atoms. The smallest absolute Gasteiger partial charge is 0.0828 e. The van der Waals surface area contributed by atoms with Crippen LogP contribution >= 0.6 is 38.9 Å². The zero-order valence-corrected chi connectivity index (χ0v) is 12.4. The van der Waals surface area contributed by atoms with Crippen LogP contribution < -0.4 is 11.3 Å². The molecule has 2 aromatic rings. The lowest BCUT2D eigenvalue weighted by molar-refractivity contribution is 0.644. The Hall–Kier alpha value is -0.390. The molecule has 2 nitrogen and oxygen atoms in total. The van der Waals surface area contributed by atoms with Gasteiger partial charge in [-0.2, -0.15) is 0 Å². The van der Waals surface area contributed by atoms with Crippen LogP contribution in [0.2, 0.25) is 5.02 Å². The van der Waals surface area contributed by atoms with Crippen molar-refractivity contribution in [3.05, 3.63) is 55.1 Å². The van der Waals surface area contributed by atoms with Crippen LogP contribution in [0.1, 0.15) is 22.0 Å². The maximum atomic E-state index is 6.15. The first-order valence-electron chi connectivity index (χ1n) is 5.09. The predicted molar refractivity (Wildman–Crippen MR) is 77.4 cm³/mol. The Balaban J connectivity index is 2.50. The average Bonchev–Trinajstić information content (AvgIpc) is 2.72. The largest absolute Gasteiger partial charge is 0.271 e. The predicted octanol–water partition coefficient (Wildman–Crippen LogP) is 4.03. The van der Waals surface area contributed by atoms with Crippen LogP contribution in [0.5, 0.6) is 0 Å². The number of thiophene rings is 1. The van der Waals surface area contributed by atoms with Crippen molar-refractivity contribution in [2.75, 3.05) is 0 Å². The first-order valence-corrected chi connectivity index (χ1v) is 7.14. The summed E-state index contributed by atoms with van der Waals surface area (Å²) < 4.78 is 1.06. The molecule has 5 heteroatoms. The quantitative estimate of drug-likeness (QED) is 0.658. The summed E-state index contributed by atoms with van der Waals surface area (Å²) in [6.07, 6.45) is 0. The van der Waals surface area contributed by atoms with Crippen LogP contribution in [0.15, 0.2) is 34.1 Å². The van der Waals surface area contributed by atoms with Crippen molar-refractivity contribution in [1.82, 2.24) is 5.43 Å². The van der Waals surface area contributed by atoms with E-state index in [1.165, 1.54) is 5.56 Å². The van der Waals surface area contributed by atoms with E-state index < -0.39 is 0 Å². The monoisotopic (exact) mass is 330 g/mol. The van der Waals surface area contributed by atoms with Gasteiger partial charge in [-0.1, -0.05) is 45.7 Å². The molecule has 90 valence electrons. The Morgan fingerprint density at radius 3 is 2.76 bits per heavy atom. The highest BCUT2D eigenvalue weighted by Crippen LogP contribution is 2.36. The first-order chi connectivity index (χ1) is 8.15. The van der Waals surface area contributed by atoms with Gasteiger partial charge >= 0.3 is 0 Å². The SMILES string of the molecule is Cc1cccc(C(NN)c2sccc2Cl)c1Br. The van der Waals surface area contributed by atoms with Gasteiger partial charge in [0.25, 0.3) is 0 Å². The molecule has 2 rings (SSSR count). The number of rotatable bonds is 3. The highest BCUT2D eigenvalue weighted by molar-refractivity contribution is 9.10. The number of nitrogens with two attached hydrogens (primary N) is 1. The number of halogens is 2. The maximum absolute atomic E-state index is 6.15. The third kappa shape index (κ3) is 2.56. The molecular formula is C12H12BrClN2S. The summed E-state index contributed by atoms with van der Waals surface area (Å²) in [7, 11) is 0. The van der Waals surface area contributed by atoms with Crippen molar-refractivity contribution >= 4 is 38.9 Å². The molecule has 1 unspecified atom stereocenters. The number of aryl methyl sites for hydroxylation is 1. The van der Waals surface area contributed by atoms with Crippen LogP contribution in [0.4, 0.5) is 0 Å². The van der Waals surface area contributed by atoms with Gasteiger partial charge in [0, 0.05) is 9.35 Å². The summed E-state index contributed by atoms with van der Waals surface area (Å²) >= 11 is 11.3. The van der Waals surface area contributed by atoms with E-state index in [0.29, 0.717) is 0 Å². The molecule has 0 aliphatic heterocycles. The second-order valence-corrected chi connectivity index (χ2v) is 5.86. The van der Waals surface area contributed by atoms with Crippen LogP contribution in [-0.4, -0.2) is 0 Å². The maximum Gasteiger partial charge on any atom is 0.0828 e. The van der Waals surface area contributed by atoms with Crippen molar-refractivity contribution in [1.29, 1.82) is 0 Å². The number of hydrogen-bond acceptors (Lipinski definition) is 3. The first kappa shape index (κ1) is 13.1. The number of nitrogens with one attached hydrogen (secondary N) is 1. The highest BCUT2D eigenvalue weighted by atomic mass is 79.9.